The van der Waals surface area contributed by atoms with Crippen LogP contribution in [0.5, 0.6) is 0 Å². The number of nitrogens with zero attached hydrogens (tertiary/aromatic N) is 3. The molecule has 0 atom stereocenters. The van der Waals surface area contributed by atoms with Crippen molar-refractivity contribution in [3.63, 3.8) is 0 Å². The van der Waals surface area contributed by atoms with Crippen LogP contribution in [0.15, 0.2) is 48.8 Å². The van der Waals surface area contributed by atoms with Gasteiger partial charge in [0, 0.05) is 27.3 Å². The van der Waals surface area contributed by atoms with Crippen LogP contribution in [-0.2, 0) is 26.5 Å². The second-order valence-electron chi connectivity index (χ2n) is 5.66. The van der Waals surface area contributed by atoms with Crippen LogP contribution in [0.25, 0.3) is 16.8 Å². The van der Waals surface area contributed by atoms with Crippen molar-refractivity contribution in [2.75, 3.05) is 0 Å². The molecule has 21 heavy (non-hydrogen) atoms. The Hall–Kier alpha value is -1.73. The van der Waals surface area contributed by atoms with Gasteiger partial charge in [0.05, 0.1) is 6.20 Å². The van der Waals surface area contributed by atoms with Gasteiger partial charge in [-0.15, -0.1) is 22.3 Å². The minimum absolute atomic E-state index is 0. The molecule has 3 aromatic rings. The Morgan fingerprint density at radius 2 is 1.90 bits per heavy atom. The first-order valence-electron chi connectivity index (χ1n) is 6.71. The molecule has 0 fully saturated rings. The van der Waals surface area contributed by atoms with Gasteiger partial charge in [0.15, 0.2) is 0 Å². The summed E-state index contributed by atoms with van der Waals surface area (Å²) in [5.74, 6) is 0. The monoisotopic (exact) mass is 455 g/mol. The number of hydrogen-bond acceptors (Lipinski definition) is 2. The van der Waals surface area contributed by atoms with Crippen molar-refractivity contribution in [3.05, 3.63) is 66.0 Å². The summed E-state index contributed by atoms with van der Waals surface area (Å²) in [6, 6.07) is 16.1. The van der Waals surface area contributed by atoms with Crippen LogP contribution in [0.2, 0.25) is 0 Å². The average molecular weight is 455 g/mol. The summed E-state index contributed by atoms with van der Waals surface area (Å²) in [7, 11) is 0. The molecule has 0 bridgehead atoms. The molecular formula is C17H14N3Pt-. The zero-order valence-corrected chi connectivity index (χ0v) is 14.0. The molecule has 3 nitrogen and oxygen atoms in total. The Bertz CT molecular complexity index is 792. The van der Waals surface area contributed by atoms with Crippen LogP contribution in [0, 0.1) is 6.07 Å². The van der Waals surface area contributed by atoms with E-state index in [0.717, 1.165) is 5.69 Å². The molecule has 1 aliphatic carbocycles. The van der Waals surface area contributed by atoms with Crippen molar-refractivity contribution >= 4 is 0 Å². The molecule has 108 valence electrons. The summed E-state index contributed by atoms with van der Waals surface area (Å²) < 4.78 is 1.75. The van der Waals surface area contributed by atoms with Crippen molar-refractivity contribution in [3.8, 4) is 16.8 Å². The standard InChI is InChI=1S/C17H14N3.Pt/c1-17(2)15-6-4-3-5-13(15)14-8-7-12(11-16(14)17)20-10-9-18-19-20;/h3-6,8-11H,1-2H3;/q-1;. The normalized spacial score (nSPS) is 14.2. The first-order chi connectivity index (χ1) is 9.68. The van der Waals surface area contributed by atoms with Gasteiger partial charge in [-0.05, 0) is 16.7 Å². The molecule has 2 aromatic carbocycles. The zero-order chi connectivity index (χ0) is 13.7. The Kier molecular flexibility index (Phi) is 3.33. The second-order valence-corrected chi connectivity index (χ2v) is 5.66. The van der Waals surface area contributed by atoms with E-state index in [1.165, 1.54) is 22.3 Å². The molecule has 1 heterocycles. The Balaban J connectivity index is 0.00000132. The SMILES string of the molecule is CC1(C)c2ccccc2-c2c[c-]c(-n3ccnn3)cc21.[Pt]. The molecule has 1 aliphatic rings. The van der Waals surface area contributed by atoms with Gasteiger partial charge in [-0.25, -0.2) is 4.68 Å². The van der Waals surface area contributed by atoms with Crippen molar-refractivity contribution in [2.24, 2.45) is 0 Å². The molecule has 0 aliphatic heterocycles. The van der Waals surface area contributed by atoms with Gasteiger partial charge in [0.2, 0.25) is 0 Å². The molecule has 0 spiro atoms. The first-order valence-corrected chi connectivity index (χ1v) is 6.71. The molecule has 4 rings (SSSR count). The Labute approximate surface area is 138 Å². The third-order valence-corrected chi connectivity index (χ3v) is 4.17. The number of fused-ring (bicyclic) bond motifs is 3. The van der Waals surface area contributed by atoms with Crippen molar-refractivity contribution in [2.45, 2.75) is 19.3 Å². The van der Waals surface area contributed by atoms with Crippen LogP contribution < -0.4 is 0 Å². The van der Waals surface area contributed by atoms with Gasteiger partial charge in [0.1, 0.15) is 0 Å². The fourth-order valence-corrected chi connectivity index (χ4v) is 3.10. The zero-order valence-electron chi connectivity index (χ0n) is 11.8. The fraction of sp³-hybridized carbons (Fsp3) is 0.176. The van der Waals surface area contributed by atoms with E-state index in [0.29, 0.717) is 0 Å². The summed E-state index contributed by atoms with van der Waals surface area (Å²) in [5, 5.41) is 7.91. The van der Waals surface area contributed by atoms with Crippen molar-refractivity contribution < 1.29 is 21.1 Å². The predicted molar refractivity (Wildman–Crippen MR) is 77.8 cm³/mol. The molecule has 4 heteroatoms. The minimum atomic E-state index is 0. The van der Waals surface area contributed by atoms with E-state index in [1.54, 1.807) is 10.9 Å². The van der Waals surface area contributed by atoms with E-state index in [1.807, 2.05) is 6.20 Å². The maximum absolute atomic E-state index is 4.04. The predicted octanol–water partition coefficient (Wildman–Crippen LogP) is 3.37. The average Bonchev–Trinajstić information content (AvgIpc) is 3.07. The molecule has 0 unspecified atom stereocenters. The van der Waals surface area contributed by atoms with Crippen LogP contribution in [0.4, 0.5) is 0 Å². The summed E-state index contributed by atoms with van der Waals surface area (Å²) in [5.41, 5.74) is 6.23. The molecule has 0 saturated heterocycles. The fourth-order valence-electron chi connectivity index (χ4n) is 3.10. The van der Waals surface area contributed by atoms with E-state index >= 15 is 0 Å². The Morgan fingerprint density at radius 3 is 2.67 bits per heavy atom. The molecular weight excluding hydrogens is 441 g/mol. The summed E-state index contributed by atoms with van der Waals surface area (Å²) in [4.78, 5) is 0. The number of aromatic nitrogens is 3. The maximum Gasteiger partial charge on any atom is 0.0696 e. The molecule has 0 amide bonds. The van der Waals surface area contributed by atoms with Gasteiger partial charge in [-0.3, -0.25) is 0 Å². The topological polar surface area (TPSA) is 30.7 Å². The second kappa shape index (κ2) is 4.92. The quantitative estimate of drug-likeness (QED) is 0.527. The van der Waals surface area contributed by atoms with Gasteiger partial charge in [-0.2, -0.15) is 12.1 Å². The largest absolute Gasteiger partial charge is 0.245 e. The summed E-state index contributed by atoms with van der Waals surface area (Å²) >= 11 is 0. The summed E-state index contributed by atoms with van der Waals surface area (Å²) in [6.45, 7) is 4.53. The smallest absolute Gasteiger partial charge is 0.0696 e. The van der Waals surface area contributed by atoms with Crippen LogP contribution in [-0.4, -0.2) is 15.0 Å². The third-order valence-electron chi connectivity index (χ3n) is 4.17. The van der Waals surface area contributed by atoms with E-state index in [9.17, 15) is 0 Å². The Morgan fingerprint density at radius 1 is 1.10 bits per heavy atom. The molecule has 1 aromatic heterocycles. The maximum atomic E-state index is 4.04. The number of benzene rings is 2. The molecule has 0 radical (unpaired) electrons. The van der Waals surface area contributed by atoms with E-state index < -0.39 is 0 Å². The van der Waals surface area contributed by atoms with Gasteiger partial charge in [-0.1, -0.05) is 48.9 Å². The van der Waals surface area contributed by atoms with Gasteiger partial charge >= 0.3 is 0 Å². The molecule has 0 N–H and O–H groups in total. The first kappa shape index (κ1) is 14.2. The van der Waals surface area contributed by atoms with Gasteiger partial charge in [0.25, 0.3) is 0 Å². The van der Waals surface area contributed by atoms with Crippen molar-refractivity contribution in [1.82, 2.24) is 15.0 Å². The van der Waals surface area contributed by atoms with E-state index in [2.05, 4.69) is 66.6 Å². The third kappa shape index (κ3) is 1.99. The molecule has 0 saturated carbocycles. The minimum Gasteiger partial charge on any atom is -0.245 e. The van der Waals surface area contributed by atoms with Crippen LogP contribution >= 0.6 is 0 Å². The summed E-state index contributed by atoms with van der Waals surface area (Å²) in [6.07, 6.45) is 3.52. The van der Waals surface area contributed by atoms with E-state index in [4.69, 9.17) is 0 Å². The number of rotatable bonds is 1. The van der Waals surface area contributed by atoms with Crippen molar-refractivity contribution in [1.29, 1.82) is 0 Å². The van der Waals surface area contributed by atoms with Crippen LogP contribution in [0.3, 0.4) is 0 Å². The number of hydrogen-bond donors (Lipinski definition) is 0. The van der Waals surface area contributed by atoms with Crippen LogP contribution in [0.1, 0.15) is 25.0 Å². The van der Waals surface area contributed by atoms with E-state index in [-0.39, 0.29) is 26.5 Å². The van der Waals surface area contributed by atoms with Gasteiger partial charge < -0.3 is 0 Å².